The summed E-state index contributed by atoms with van der Waals surface area (Å²) in [6.45, 7) is -0.409. The number of fused-ring (bicyclic) bond motifs is 2. The van der Waals surface area contributed by atoms with E-state index in [2.05, 4.69) is 15.2 Å². The lowest BCUT2D eigenvalue weighted by molar-refractivity contribution is -0.242. The van der Waals surface area contributed by atoms with Gasteiger partial charge in [0.05, 0.1) is 28.3 Å². The summed E-state index contributed by atoms with van der Waals surface area (Å²) in [5.41, 5.74) is 2.25. The van der Waals surface area contributed by atoms with Crippen molar-refractivity contribution < 1.29 is 71.2 Å². The van der Waals surface area contributed by atoms with Crippen LogP contribution in [0.1, 0.15) is 27.9 Å². The number of carbonyl (C=O) groups excluding carboxylic acids is 1. The van der Waals surface area contributed by atoms with Crippen molar-refractivity contribution in [1.29, 1.82) is 0 Å². The maximum Gasteiger partial charge on any atom is 0.294 e. The molecule has 0 saturated heterocycles. The van der Waals surface area contributed by atoms with Gasteiger partial charge in [-0.3, -0.25) is 33.3 Å². The number of nitrogens with one attached hydrogen (secondary N) is 1. The molecule has 4 aromatic carbocycles. The van der Waals surface area contributed by atoms with Gasteiger partial charge >= 0.3 is 0 Å². The monoisotopic (exact) mass is 917 g/mol. The van der Waals surface area contributed by atoms with Gasteiger partial charge in [-0.2, -0.15) is 33.7 Å². The first-order chi connectivity index (χ1) is 28.6. The van der Waals surface area contributed by atoms with Crippen molar-refractivity contribution in [3.63, 3.8) is 0 Å². The van der Waals surface area contributed by atoms with Crippen molar-refractivity contribution in [1.82, 2.24) is 4.90 Å². The number of amides is 1. The Morgan fingerprint density at radius 2 is 1.34 bits per heavy atom. The van der Waals surface area contributed by atoms with E-state index in [0.29, 0.717) is 51.9 Å². The second-order valence-corrected chi connectivity index (χ2v) is 19.1. The molecule has 6 N–H and O–H groups in total. The standard InChI is InChI=1S/C38H35N3O16S4/c1-41(15-4-16-56-43)38(42)30-6-3-2-5-29(30)37-31-13-9-25(39-21-23-7-11-27(58(44,45)46)19-35(23)60(50,51)52)17-33(31)57-34-18-26(10-14-32(34)37)40-22-24-8-12-28(59(47,48)49)20-36(24)61(53,54)55/h2-3,5-14,17-20,39,43H,4,15-16,21-22H2,1H3,(H,44,45,46)(H,47,48,49)(H,50,51,52)(H,53,54,55). The Labute approximate surface area is 348 Å². The smallest absolute Gasteiger partial charge is 0.294 e. The van der Waals surface area contributed by atoms with Crippen molar-refractivity contribution >= 4 is 63.0 Å². The number of hydrogen-bond acceptors (Lipinski definition) is 14. The highest BCUT2D eigenvalue weighted by Crippen LogP contribution is 2.42. The predicted molar refractivity (Wildman–Crippen MR) is 217 cm³/mol. The van der Waals surface area contributed by atoms with Crippen LogP contribution in [0.2, 0.25) is 0 Å². The highest BCUT2D eigenvalue weighted by Gasteiger charge is 2.25. The molecule has 6 rings (SSSR count). The molecule has 23 heteroatoms. The quantitative estimate of drug-likeness (QED) is 0.0263. The van der Waals surface area contributed by atoms with Crippen LogP contribution in [0.5, 0.6) is 0 Å². The average molecular weight is 918 g/mol. The Morgan fingerprint density at radius 3 is 1.97 bits per heavy atom. The molecule has 0 atom stereocenters. The number of nitrogens with zero attached hydrogens (tertiary/aromatic N) is 2. The lowest BCUT2D eigenvalue weighted by Crippen LogP contribution is -2.28. The van der Waals surface area contributed by atoms with E-state index in [0.717, 1.165) is 24.3 Å². The van der Waals surface area contributed by atoms with Gasteiger partial charge in [0, 0.05) is 60.0 Å². The van der Waals surface area contributed by atoms with Crippen LogP contribution in [0.15, 0.2) is 126 Å². The molecule has 1 aliphatic carbocycles. The third-order valence-electron chi connectivity index (χ3n) is 9.35. The first-order valence-corrected chi connectivity index (χ1v) is 23.3. The van der Waals surface area contributed by atoms with Crippen molar-refractivity contribution in [3.8, 4) is 22.5 Å². The molecule has 1 heterocycles. The van der Waals surface area contributed by atoms with Gasteiger partial charge in [0.2, 0.25) is 0 Å². The van der Waals surface area contributed by atoms with Crippen LogP contribution in [0, 0.1) is 0 Å². The van der Waals surface area contributed by atoms with Crippen molar-refractivity contribution in [2.45, 2.75) is 39.1 Å². The molecule has 2 aliphatic rings. The van der Waals surface area contributed by atoms with E-state index in [4.69, 9.17) is 9.67 Å². The van der Waals surface area contributed by atoms with Gasteiger partial charge in [0.1, 0.15) is 21.1 Å². The van der Waals surface area contributed by atoms with Crippen LogP contribution in [0.25, 0.3) is 33.4 Å². The molecule has 0 bridgehead atoms. The zero-order chi connectivity index (χ0) is 44.5. The largest absolute Gasteiger partial charge is 0.456 e. The molecule has 0 fully saturated rings. The van der Waals surface area contributed by atoms with E-state index in [9.17, 15) is 56.7 Å². The van der Waals surface area contributed by atoms with Gasteiger partial charge in [0.25, 0.3) is 46.4 Å². The Morgan fingerprint density at radius 1 is 0.721 bits per heavy atom. The minimum Gasteiger partial charge on any atom is -0.456 e. The summed E-state index contributed by atoms with van der Waals surface area (Å²) in [6.07, 6.45) is 0.339. The maximum absolute atomic E-state index is 13.9. The van der Waals surface area contributed by atoms with Crippen LogP contribution in [0.3, 0.4) is 0 Å². The van der Waals surface area contributed by atoms with Crippen LogP contribution in [-0.4, -0.2) is 88.1 Å². The molecule has 0 radical (unpaired) electrons. The van der Waals surface area contributed by atoms with Gasteiger partial charge in [-0.05, 0) is 77.7 Å². The first kappa shape index (κ1) is 44.9. The zero-order valence-electron chi connectivity index (χ0n) is 31.5. The normalized spacial score (nSPS) is 12.9. The van der Waals surface area contributed by atoms with Gasteiger partial charge in [-0.1, -0.05) is 30.3 Å². The second-order valence-electron chi connectivity index (χ2n) is 13.4. The number of rotatable bonds is 15. The molecule has 322 valence electrons. The SMILES string of the molecule is CN(CCCOO)C(=O)c1ccccc1-c1c2ccc(=NCc3ccc(S(=O)(=O)O)cc3S(=O)(=O)O)cc-2oc2cc(NCc3ccc(S(=O)(=O)O)cc3S(=O)(=O)O)ccc12. The van der Waals surface area contributed by atoms with E-state index >= 15 is 0 Å². The molecule has 0 saturated carbocycles. The van der Waals surface area contributed by atoms with Crippen molar-refractivity contribution in [2.75, 3.05) is 25.5 Å². The molecule has 1 aliphatic heterocycles. The molecule has 61 heavy (non-hydrogen) atoms. The van der Waals surface area contributed by atoms with Crippen molar-refractivity contribution in [3.05, 3.63) is 119 Å². The van der Waals surface area contributed by atoms with Gasteiger partial charge in [-0.15, -0.1) is 0 Å². The third-order valence-corrected chi connectivity index (χ3v) is 12.9. The molecule has 4 aromatic rings. The summed E-state index contributed by atoms with van der Waals surface area (Å²) in [7, 11) is -18.0. The third kappa shape index (κ3) is 10.3. The van der Waals surface area contributed by atoms with E-state index in [1.165, 1.54) is 11.0 Å². The Bertz CT molecular complexity index is 3190. The van der Waals surface area contributed by atoms with E-state index in [1.54, 1.807) is 61.6 Å². The number of hydrogen-bond donors (Lipinski definition) is 6. The predicted octanol–water partition coefficient (Wildman–Crippen LogP) is 4.86. The molecular weight excluding hydrogens is 883 g/mol. The summed E-state index contributed by atoms with van der Waals surface area (Å²) in [5.74, 6) is -0.146. The van der Waals surface area contributed by atoms with Gasteiger partial charge in [-0.25, -0.2) is 4.89 Å². The molecule has 19 nitrogen and oxygen atoms in total. The fraction of sp³-hybridized carbons (Fsp3) is 0.158. The average Bonchev–Trinajstić information content (AvgIpc) is 3.19. The minimum absolute atomic E-state index is 0.00150. The fourth-order valence-electron chi connectivity index (χ4n) is 6.46. The second kappa shape index (κ2) is 17.4. The number of benzene rings is 5. The molecule has 0 aromatic heterocycles. The summed E-state index contributed by atoms with van der Waals surface area (Å²) < 4.78 is 140. The van der Waals surface area contributed by atoms with E-state index < -0.39 is 60.1 Å². The van der Waals surface area contributed by atoms with Crippen molar-refractivity contribution in [2.24, 2.45) is 4.99 Å². The Balaban J connectivity index is 1.49. The number of carbonyl (C=O) groups is 1. The highest BCUT2D eigenvalue weighted by atomic mass is 32.2. The molecule has 1 amide bonds. The summed E-state index contributed by atoms with van der Waals surface area (Å²) in [4.78, 5) is 20.8. The molecule has 0 spiro atoms. The Kier molecular flexibility index (Phi) is 12.8. The minimum atomic E-state index is -4.97. The highest BCUT2D eigenvalue weighted by molar-refractivity contribution is 7.87. The summed E-state index contributed by atoms with van der Waals surface area (Å²) in [6, 6.07) is 21.7. The topological polar surface area (TPSA) is 305 Å². The number of anilines is 1. The van der Waals surface area contributed by atoms with Gasteiger partial charge in [0.15, 0.2) is 0 Å². The fourth-order valence-corrected chi connectivity index (χ4v) is 9.11. The van der Waals surface area contributed by atoms with E-state index in [1.807, 2.05) is 0 Å². The lowest BCUT2D eigenvalue weighted by atomic mass is 9.90. The summed E-state index contributed by atoms with van der Waals surface area (Å²) >= 11 is 0. The zero-order valence-corrected chi connectivity index (χ0v) is 34.8. The summed E-state index contributed by atoms with van der Waals surface area (Å²) in [5, 5.41) is 12.5. The van der Waals surface area contributed by atoms with Crippen LogP contribution < -0.4 is 10.7 Å². The molecular formula is C38H35N3O16S4. The maximum atomic E-state index is 13.9. The van der Waals surface area contributed by atoms with E-state index in [-0.39, 0.29) is 60.0 Å². The lowest BCUT2D eigenvalue weighted by Gasteiger charge is -2.21. The Hall–Kier alpha value is -5.60. The first-order valence-electron chi connectivity index (χ1n) is 17.6. The van der Waals surface area contributed by atoms with Crippen LogP contribution in [0.4, 0.5) is 5.69 Å². The molecule has 0 unspecified atom stereocenters. The van der Waals surface area contributed by atoms with Crippen LogP contribution >= 0.6 is 0 Å². The van der Waals surface area contributed by atoms with Crippen LogP contribution in [-0.2, 0) is 58.4 Å². The van der Waals surface area contributed by atoms with Gasteiger partial charge < -0.3 is 14.6 Å².